The Morgan fingerprint density at radius 2 is 1.82 bits per heavy atom. The van der Waals surface area contributed by atoms with Crippen LogP contribution in [0, 0.1) is 0 Å². The zero-order valence-corrected chi connectivity index (χ0v) is 18.8. The normalized spacial score (nSPS) is 14.7. The summed E-state index contributed by atoms with van der Waals surface area (Å²) >= 11 is 0. The van der Waals surface area contributed by atoms with E-state index in [9.17, 15) is 4.79 Å². The first-order valence-corrected chi connectivity index (χ1v) is 11.0. The number of aryl methyl sites for hydroxylation is 1. The second-order valence-corrected chi connectivity index (χ2v) is 8.57. The van der Waals surface area contributed by atoms with Gasteiger partial charge in [0.05, 0.1) is 17.9 Å². The van der Waals surface area contributed by atoms with Gasteiger partial charge < -0.3 is 9.80 Å². The number of likely N-dealkylation sites (N-methyl/N-ethyl adjacent to an activating group) is 1. The molecule has 0 saturated carbocycles. The third-order valence-electron chi connectivity index (χ3n) is 5.94. The van der Waals surface area contributed by atoms with Crippen molar-refractivity contribution in [1.29, 1.82) is 0 Å². The molecule has 5 rings (SSSR count). The summed E-state index contributed by atoms with van der Waals surface area (Å²) in [7, 11) is 3.96. The van der Waals surface area contributed by atoms with Crippen LogP contribution in [0.25, 0.3) is 22.2 Å². The first kappa shape index (κ1) is 21.1. The molecule has 1 aliphatic rings. The largest absolute Gasteiger partial charge is 0.354 e. The summed E-state index contributed by atoms with van der Waals surface area (Å²) in [6.45, 7) is 3.94. The van der Waals surface area contributed by atoms with Crippen molar-refractivity contribution < 1.29 is 4.79 Å². The average molecular weight is 443 g/mol. The number of nitrogens with zero attached hydrogens (tertiary/aromatic N) is 8. The van der Waals surface area contributed by atoms with E-state index in [0.29, 0.717) is 6.42 Å². The smallest absolute Gasteiger partial charge is 0.143 e. The molecule has 0 aromatic carbocycles. The topological polar surface area (TPSA) is 92.9 Å². The number of rotatable bonds is 6. The van der Waals surface area contributed by atoms with E-state index in [2.05, 4.69) is 42.1 Å². The number of aromatic nitrogens is 6. The highest BCUT2D eigenvalue weighted by molar-refractivity contribution is 5.86. The molecule has 33 heavy (non-hydrogen) atoms. The lowest BCUT2D eigenvalue weighted by Gasteiger charge is -2.33. The van der Waals surface area contributed by atoms with Crippen LogP contribution >= 0.6 is 0 Å². The summed E-state index contributed by atoms with van der Waals surface area (Å²) in [4.78, 5) is 30.9. The van der Waals surface area contributed by atoms with Crippen molar-refractivity contribution in [3.05, 3.63) is 60.3 Å². The highest BCUT2D eigenvalue weighted by Crippen LogP contribution is 2.21. The summed E-state index contributed by atoms with van der Waals surface area (Å²) in [6.07, 6.45) is 7.76. The van der Waals surface area contributed by atoms with Gasteiger partial charge in [0, 0.05) is 75.1 Å². The number of hydrogen-bond acceptors (Lipinski definition) is 8. The fourth-order valence-electron chi connectivity index (χ4n) is 4.06. The molecule has 1 fully saturated rings. The molecule has 5 heterocycles. The zero-order valence-electron chi connectivity index (χ0n) is 18.8. The first-order chi connectivity index (χ1) is 16.0. The number of Topliss-reactive ketones (excluding diaryl/α,β-unsaturated/α-hetero) is 1. The molecule has 4 aromatic rings. The van der Waals surface area contributed by atoms with Crippen molar-refractivity contribution in [2.75, 3.05) is 38.1 Å². The minimum atomic E-state index is 0.121. The van der Waals surface area contributed by atoms with E-state index < -0.39 is 0 Å². The van der Waals surface area contributed by atoms with Gasteiger partial charge in [-0.25, -0.2) is 4.98 Å². The number of piperazine rings is 1. The molecular formula is C24H26N8O. The van der Waals surface area contributed by atoms with Crippen LogP contribution in [0.1, 0.15) is 11.3 Å². The van der Waals surface area contributed by atoms with Crippen LogP contribution < -0.4 is 4.90 Å². The number of carbonyl (C=O) groups is 1. The number of ketones is 1. The van der Waals surface area contributed by atoms with Crippen LogP contribution in [-0.2, 0) is 24.7 Å². The maximum absolute atomic E-state index is 12.8. The van der Waals surface area contributed by atoms with E-state index >= 15 is 0 Å². The number of pyridine rings is 3. The third kappa shape index (κ3) is 4.88. The second kappa shape index (κ2) is 9.03. The van der Waals surface area contributed by atoms with Gasteiger partial charge in [-0.1, -0.05) is 5.21 Å². The highest BCUT2D eigenvalue weighted by atomic mass is 16.1. The van der Waals surface area contributed by atoms with Crippen molar-refractivity contribution in [3.8, 4) is 11.3 Å². The Kier molecular flexibility index (Phi) is 5.78. The lowest BCUT2D eigenvalue weighted by atomic mass is 10.0. The van der Waals surface area contributed by atoms with Crippen molar-refractivity contribution in [2.24, 2.45) is 7.05 Å². The van der Waals surface area contributed by atoms with Crippen LogP contribution in [0.15, 0.2) is 49.1 Å². The Morgan fingerprint density at radius 3 is 2.61 bits per heavy atom. The molecule has 0 amide bonds. The van der Waals surface area contributed by atoms with Crippen molar-refractivity contribution in [3.63, 3.8) is 0 Å². The van der Waals surface area contributed by atoms with E-state index in [1.165, 1.54) is 0 Å². The van der Waals surface area contributed by atoms with Gasteiger partial charge in [0.1, 0.15) is 17.3 Å². The Hall–Kier alpha value is -3.72. The predicted octanol–water partition coefficient (Wildman–Crippen LogP) is 1.93. The molecule has 1 saturated heterocycles. The number of hydrogen-bond donors (Lipinski definition) is 0. The predicted molar refractivity (Wildman–Crippen MR) is 126 cm³/mol. The van der Waals surface area contributed by atoms with Crippen LogP contribution in [-0.4, -0.2) is 73.9 Å². The van der Waals surface area contributed by atoms with E-state index in [-0.39, 0.29) is 12.2 Å². The Labute approximate surface area is 192 Å². The molecule has 0 atom stereocenters. The number of fused-ring (bicyclic) bond motifs is 1. The van der Waals surface area contributed by atoms with Gasteiger partial charge in [-0.15, -0.1) is 5.10 Å². The Balaban J connectivity index is 1.28. The molecule has 9 nitrogen and oxygen atoms in total. The minimum Gasteiger partial charge on any atom is -0.354 e. The monoisotopic (exact) mass is 442 g/mol. The van der Waals surface area contributed by atoms with Crippen molar-refractivity contribution >= 4 is 22.5 Å². The van der Waals surface area contributed by atoms with Crippen LogP contribution in [0.3, 0.4) is 0 Å². The summed E-state index contributed by atoms with van der Waals surface area (Å²) in [5, 5.41) is 9.06. The van der Waals surface area contributed by atoms with Gasteiger partial charge in [0.15, 0.2) is 0 Å². The zero-order chi connectivity index (χ0) is 22.8. The quantitative estimate of drug-likeness (QED) is 0.447. The van der Waals surface area contributed by atoms with Crippen LogP contribution in [0.2, 0.25) is 0 Å². The maximum Gasteiger partial charge on any atom is 0.143 e. The van der Waals surface area contributed by atoms with Gasteiger partial charge in [0.25, 0.3) is 0 Å². The van der Waals surface area contributed by atoms with Gasteiger partial charge in [0.2, 0.25) is 0 Å². The molecule has 0 unspecified atom stereocenters. The molecule has 9 heteroatoms. The minimum absolute atomic E-state index is 0.121. The summed E-state index contributed by atoms with van der Waals surface area (Å²) in [5.74, 6) is 1.07. The lowest BCUT2D eigenvalue weighted by Crippen LogP contribution is -2.44. The fraction of sp³-hybridized carbons (Fsp3) is 0.333. The van der Waals surface area contributed by atoms with Gasteiger partial charge in [-0.2, -0.15) is 0 Å². The second-order valence-electron chi connectivity index (χ2n) is 8.57. The Bertz CT molecular complexity index is 1290. The van der Waals surface area contributed by atoms with Gasteiger partial charge >= 0.3 is 0 Å². The molecule has 0 aliphatic carbocycles. The highest BCUT2D eigenvalue weighted by Gasteiger charge is 2.16. The van der Waals surface area contributed by atoms with Crippen molar-refractivity contribution in [1.82, 2.24) is 34.8 Å². The molecule has 168 valence electrons. The van der Waals surface area contributed by atoms with Gasteiger partial charge in [-0.05, 0) is 36.9 Å². The van der Waals surface area contributed by atoms with Gasteiger partial charge in [-0.3, -0.25) is 19.4 Å². The molecule has 0 N–H and O–H groups in total. The number of anilines is 1. The first-order valence-electron chi connectivity index (χ1n) is 11.0. The van der Waals surface area contributed by atoms with E-state index in [4.69, 9.17) is 0 Å². The van der Waals surface area contributed by atoms with Crippen LogP contribution in [0.4, 0.5) is 5.82 Å². The van der Waals surface area contributed by atoms with E-state index in [0.717, 1.165) is 65.4 Å². The summed E-state index contributed by atoms with van der Waals surface area (Å²) in [5.41, 5.74) is 4.14. The van der Waals surface area contributed by atoms with E-state index in [1.807, 2.05) is 37.5 Å². The Morgan fingerprint density at radius 1 is 0.970 bits per heavy atom. The molecule has 0 spiro atoms. The third-order valence-corrected chi connectivity index (χ3v) is 5.94. The molecule has 0 radical (unpaired) electrons. The average Bonchev–Trinajstić information content (AvgIpc) is 3.25. The van der Waals surface area contributed by atoms with Crippen LogP contribution in [0.5, 0.6) is 0 Å². The standard InChI is InChI=1S/C24H26N8O/c1-30-5-7-32(8-6-30)24-10-17(3-4-25-24)9-21(33)13-20-12-18-11-19(14-27-22(18)15-26-20)23-16-31(2)29-28-23/h3-4,10-12,14-16H,5-9,13H2,1-2H3. The molecule has 1 aliphatic heterocycles. The van der Waals surface area contributed by atoms with Crippen molar-refractivity contribution in [2.45, 2.75) is 12.8 Å². The molecular weight excluding hydrogens is 416 g/mol. The lowest BCUT2D eigenvalue weighted by molar-refractivity contribution is -0.117. The molecule has 0 bridgehead atoms. The number of carbonyl (C=O) groups excluding carboxylic acids is 1. The molecule has 4 aromatic heterocycles. The fourth-order valence-corrected chi connectivity index (χ4v) is 4.06. The maximum atomic E-state index is 12.8. The SMILES string of the molecule is CN1CCN(c2cc(CC(=O)Cc3cc4cc(-c5cn(C)nn5)cnc4cn3)ccn2)CC1. The summed E-state index contributed by atoms with van der Waals surface area (Å²) in [6, 6.07) is 7.89. The summed E-state index contributed by atoms with van der Waals surface area (Å²) < 4.78 is 1.66. The van der Waals surface area contributed by atoms with E-state index in [1.54, 1.807) is 23.3 Å².